The fourth-order valence-corrected chi connectivity index (χ4v) is 1.99. The Morgan fingerprint density at radius 3 is 2.47 bits per heavy atom. The van der Waals surface area contributed by atoms with Crippen molar-refractivity contribution in [1.82, 2.24) is 10.3 Å². The predicted molar refractivity (Wildman–Crippen MR) is 80.9 cm³/mol. The van der Waals surface area contributed by atoms with Crippen LogP contribution in [-0.2, 0) is 6.54 Å². The van der Waals surface area contributed by atoms with Gasteiger partial charge in [0.05, 0.1) is 0 Å². The van der Waals surface area contributed by atoms with Crippen molar-refractivity contribution in [2.24, 2.45) is 0 Å². The first-order valence-electron chi connectivity index (χ1n) is 6.68. The molecule has 0 unspecified atom stereocenters. The van der Waals surface area contributed by atoms with Crippen LogP contribution in [0.5, 0.6) is 0 Å². The summed E-state index contributed by atoms with van der Waals surface area (Å²) in [7, 11) is 2.04. The minimum absolute atomic E-state index is 0.880. The Morgan fingerprint density at radius 2 is 1.84 bits per heavy atom. The molecule has 0 aliphatic heterocycles. The number of hydrogen-bond donors (Lipinski definition) is 1. The third kappa shape index (κ3) is 3.32. The first-order valence-corrected chi connectivity index (χ1v) is 6.68. The number of pyridine rings is 1. The summed E-state index contributed by atoms with van der Waals surface area (Å²) in [6.45, 7) is 6.03. The minimum atomic E-state index is 0.880. The summed E-state index contributed by atoms with van der Waals surface area (Å²) in [5.74, 6) is 0.976. The number of aromatic nitrogens is 1. The van der Waals surface area contributed by atoms with Gasteiger partial charge in [0, 0.05) is 25.0 Å². The first-order chi connectivity index (χ1) is 9.22. The number of nitrogens with one attached hydrogen (secondary N) is 1. The molecule has 100 valence electrons. The van der Waals surface area contributed by atoms with Gasteiger partial charge >= 0.3 is 0 Å². The summed E-state index contributed by atoms with van der Waals surface area (Å²) < 4.78 is 0. The number of anilines is 2. The highest BCUT2D eigenvalue weighted by atomic mass is 15.2. The summed E-state index contributed by atoms with van der Waals surface area (Å²) in [6.07, 6.45) is 0. The maximum atomic E-state index is 4.69. The van der Waals surface area contributed by atoms with Gasteiger partial charge in [-0.1, -0.05) is 31.2 Å². The molecule has 0 bridgehead atoms. The highest BCUT2D eigenvalue weighted by molar-refractivity contribution is 5.59. The fraction of sp³-hybridized carbons (Fsp3) is 0.312. The molecule has 1 aromatic carbocycles. The minimum Gasteiger partial charge on any atom is -0.329 e. The molecule has 1 heterocycles. The largest absolute Gasteiger partial charge is 0.329 e. The molecule has 0 aliphatic rings. The normalized spacial score (nSPS) is 10.5. The molecule has 2 rings (SSSR count). The maximum Gasteiger partial charge on any atom is 0.132 e. The molecule has 1 aromatic heterocycles. The SMILES string of the molecule is CCNCc1ccc(N(C)c2ccccc2)nc1C. The number of para-hydroxylation sites is 1. The molecule has 0 fully saturated rings. The predicted octanol–water partition coefficient (Wildman–Crippen LogP) is 3.27. The topological polar surface area (TPSA) is 28.2 Å². The smallest absolute Gasteiger partial charge is 0.132 e. The average molecular weight is 255 g/mol. The number of nitrogens with zero attached hydrogens (tertiary/aromatic N) is 2. The van der Waals surface area contributed by atoms with E-state index in [1.165, 1.54) is 5.56 Å². The van der Waals surface area contributed by atoms with Crippen LogP contribution in [0, 0.1) is 6.92 Å². The van der Waals surface area contributed by atoms with Gasteiger partial charge in [-0.05, 0) is 37.2 Å². The van der Waals surface area contributed by atoms with Crippen LogP contribution < -0.4 is 10.2 Å². The fourth-order valence-electron chi connectivity index (χ4n) is 1.99. The molecule has 1 N–H and O–H groups in total. The van der Waals surface area contributed by atoms with Crippen LogP contribution in [0.1, 0.15) is 18.2 Å². The summed E-state index contributed by atoms with van der Waals surface area (Å²) in [5, 5.41) is 3.33. The van der Waals surface area contributed by atoms with Gasteiger partial charge in [-0.25, -0.2) is 4.98 Å². The first kappa shape index (κ1) is 13.6. The molecule has 19 heavy (non-hydrogen) atoms. The molecule has 0 radical (unpaired) electrons. The molecule has 0 saturated heterocycles. The summed E-state index contributed by atoms with van der Waals surface area (Å²) in [5.41, 5.74) is 3.49. The van der Waals surface area contributed by atoms with Crippen molar-refractivity contribution in [2.45, 2.75) is 20.4 Å². The lowest BCUT2D eigenvalue weighted by Gasteiger charge is -2.19. The quantitative estimate of drug-likeness (QED) is 0.888. The van der Waals surface area contributed by atoms with E-state index in [4.69, 9.17) is 0 Å². The molecular weight excluding hydrogens is 234 g/mol. The Morgan fingerprint density at radius 1 is 1.11 bits per heavy atom. The average Bonchev–Trinajstić information content (AvgIpc) is 2.46. The molecule has 0 amide bonds. The van der Waals surface area contributed by atoms with Gasteiger partial charge in [0.2, 0.25) is 0 Å². The highest BCUT2D eigenvalue weighted by Crippen LogP contribution is 2.22. The molecule has 0 atom stereocenters. The number of benzene rings is 1. The van der Waals surface area contributed by atoms with Crippen molar-refractivity contribution in [3.63, 3.8) is 0 Å². The third-order valence-corrected chi connectivity index (χ3v) is 3.23. The van der Waals surface area contributed by atoms with Crippen LogP contribution in [0.2, 0.25) is 0 Å². The second-order valence-electron chi connectivity index (χ2n) is 4.59. The zero-order valence-electron chi connectivity index (χ0n) is 11.9. The maximum absolute atomic E-state index is 4.69. The van der Waals surface area contributed by atoms with Crippen LogP contribution in [0.4, 0.5) is 11.5 Å². The van der Waals surface area contributed by atoms with Crippen LogP contribution in [-0.4, -0.2) is 18.6 Å². The van der Waals surface area contributed by atoms with Crippen LogP contribution in [0.15, 0.2) is 42.5 Å². The van der Waals surface area contributed by atoms with Crippen molar-refractivity contribution in [3.8, 4) is 0 Å². The van der Waals surface area contributed by atoms with Crippen molar-refractivity contribution in [1.29, 1.82) is 0 Å². The molecule has 0 saturated carbocycles. The standard InChI is InChI=1S/C16H21N3/c1-4-17-12-14-10-11-16(18-13(14)2)19(3)15-8-6-5-7-9-15/h5-11,17H,4,12H2,1-3H3. The van der Waals surface area contributed by atoms with E-state index in [9.17, 15) is 0 Å². The van der Waals surface area contributed by atoms with E-state index in [0.29, 0.717) is 0 Å². The molecule has 2 aromatic rings. The van der Waals surface area contributed by atoms with Gasteiger partial charge in [0.25, 0.3) is 0 Å². The van der Waals surface area contributed by atoms with Gasteiger partial charge in [0.15, 0.2) is 0 Å². The van der Waals surface area contributed by atoms with E-state index >= 15 is 0 Å². The van der Waals surface area contributed by atoms with Crippen LogP contribution in [0.3, 0.4) is 0 Å². The second-order valence-corrected chi connectivity index (χ2v) is 4.59. The molecule has 3 heteroatoms. The van der Waals surface area contributed by atoms with Crippen molar-refractivity contribution < 1.29 is 0 Å². The Hall–Kier alpha value is -1.87. The number of hydrogen-bond acceptors (Lipinski definition) is 3. The molecule has 0 aliphatic carbocycles. The van der Waals surface area contributed by atoms with Gasteiger partial charge in [0.1, 0.15) is 5.82 Å². The second kappa shape index (κ2) is 6.34. The van der Waals surface area contributed by atoms with Crippen molar-refractivity contribution in [3.05, 3.63) is 53.7 Å². The van der Waals surface area contributed by atoms with E-state index in [1.54, 1.807) is 0 Å². The molecular formula is C16H21N3. The van der Waals surface area contributed by atoms with Crippen molar-refractivity contribution in [2.75, 3.05) is 18.5 Å². The van der Waals surface area contributed by atoms with Crippen LogP contribution >= 0.6 is 0 Å². The lowest BCUT2D eigenvalue weighted by molar-refractivity contribution is 0.720. The van der Waals surface area contributed by atoms with E-state index in [-0.39, 0.29) is 0 Å². The number of aryl methyl sites for hydroxylation is 1. The third-order valence-electron chi connectivity index (χ3n) is 3.23. The lowest BCUT2D eigenvalue weighted by Crippen LogP contribution is -2.15. The Labute approximate surface area is 115 Å². The molecule has 3 nitrogen and oxygen atoms in total. The van der Waals surface area contributed by atoms with E-state index in [2.05, 4.69) is 53.3 Å². The van der Waals surface area contributed by atoms with E-state index < -0.39 is 0 Å². The summed E-state index contributed by atoms with van der Waals surface area (Å²) in [6, 6.07) is 14.5. The summed E-state index contributed by atoms with van der Waals surface area (Å²) in [4.78, 5) is 6.79. The van der Waals surface area contributed by atoms with E-state index in [1.807, 2.05) is 25.2 Å². The highest BCUT2D eigenvalue weighted by Gasteiger charge is 2.07. The zero-order chi connectivity index (χ0) is 13.7. The van der Waals surface area contributed by atoms with Gasteiger partial charge < -0.3 is 10.2 Å². The van der Waals surface area contributed by atoms with Gasteiger partial charge in [-0.3, -0.25) is 0 Å². The Bertz CT molecular complexity index is 523. The van der Waals surface area contributed by atoms with Gasteiger partial charge in [-0.15, -0.1) is 0 Å². The summed E-state index contributed by atoms with van der Waals surface area (Å²) >= 11 is 0. The van der Waals surface area contributed by atoms with Crippen LogP contribution in [0.25, 0.3) is 0 Å². The Balaban J connectivity index is 2.20. The Kier molecular flexibility index (Phi) is 4.53. The zero-order valence-corrected chi connectivity index (χ0v) is 11.9. The van der Waals surface area contributed by atoms with Gasteiger partial charge in [-0.2, -0.15) is 0 Å². The number of rotatable bonds is 5. The van der Waals surface area contributed by atoms with Crippen molar-refractivity contribution >= 4 is 11.5 Å². The lowest BCUT2D eigenvalue weighted by atomic mass is 10.2. The molecule has 0 spiro atoms. The monoisotopic (exact) mass is 255 g/mol. The van der Waals surface area contributed by atoms with E-state index in [0.717, 1.165) is 30.3 Å².